The van der Waals surface area contributed by atoms with Crippen LogP contribution in [0.3, 0.4) is 0 Å². The Labute approximate surface area is 233 Å². The summed E-state index contributed by atoms with van der Waals surface area (Å²) in [5.74, 6) is -1.70. The third-order valence-electron chi connectivity index (χ3n) is 6.92. The minimum absolute atomic E-state index is 0.0287. The normalized spacial score (nSPS) is 15.0. The van der Waals surface area contributed by atoms with Crippen molar-refractivity contribution >= 4 is 27.6 Å². The zero-order valence-electron chi connectivity index (χ0n) is 23.2. The standard InChI is InChI=1S/C28H34N4O7S/c1-6-18(3)26(33)29-21-8-10-23(24(16-21)40(36,37)31-11-13-38-14-12-31)39-27-20(5)25(28(34)35)30-32(27)22-9-7-17(2)15-19(22)4/h7-10,15-16,18H,6,11-14H2,1-5H3,(H,29,33)(H,34,35)/t18-/m0/s1. The van der Waals surface area contributed by atoms with Gasteiger partial charge in [-0.1, -0.05) is 31.5 Å². The molecule has 1 atom stereocenters. The Hall–Kier alpha value is -3.74. The lowest BCUT2D eigenvalue weighted by molar-refractivity contribution is -0.119. The van der Waals surface area contributed by atoms with Gasteiger partial charge in [-0.3, -0.25) is 4.79 Å². The number of nitrogens with zero attached hydrogens (tertiary/aromatic N) is 3. The van der Waals surface area contributed by atoms with Gasteiger partial charge < -0.3 is 19.9 Å². The van der Waals surface area contributed by atoms with E-state index in [4.69, 9.17) is 9.47 Å². The highest BCUT2D eigenvalue weighted by Crippen LogP contribution is 2.37. The predicted octanol–water partition coefficient (Wildman–Crippen LogP) is 4.29. The van der Waals surface area contributed by atoms with Gasteiger partial charge in [0.1, 0.15) is 10.6 Å². The number of carboxylic acid groups (broad SMARTS) is 1. The van der Waals surface area contributed by atoms with E-state index in [9.17, 15) is 23.1 Å². The van der Waals surface area contributed by atoms with Gasteiger partial charge in [-0.25, -0.2) is 13.2 Å². The van der Waals surface area contributed by atoms with Gasteiger partial charge in [-0.2, -0.15) is 14.1 Å². The Morgan fingerprint density at radius 1 is 1.12 bits per heavy atom. The van der Waals surface area contributed by atoms with E-state index in [-0.39, 0.29) is 65.9 Å². The van der Waals surface area contributed by atoms with Crippen LogP contribution in [0.2, 0.25) is 0 Å². The molecule has 1 saturated heterocycles. The van der Waals surface area contributed by atoms with Crippen molar-refractivity contribution in [2.75, 3.05) is 31.6 Å². The summed E-state index contributed by atoms with van der Waals surface area (Å²) in [4.78, 5) is 24.4. The molecule has 0 spiro atoms. The van der Waals surface area contributed by atoms with Crippen LogP contribution in [-0.4, -0.2) is 65.8 Å². The van der Waals surface area contributed by atoms with Crippen molar-refractivity contribution in [3.8, 4) is 17.3 Å². The second kappa shape index (κ2) is 11.8. The van der Waals surface area contributed by atoms with Crippen molar-refractivity contribution in [1.29, 1.82) is 0 Å². The van der Waals surface area contributed by atoms with Crippen molar-refractivity contribution in [2.24, 2.45) is 5.92 Å². The maximum Gasteiger partial charge on any atom is 0.356 e. The Kier molecular flexibility index (Phi) is 8.62. The van der Waals surface area contributed by atoms with E-state index in [0.29, 0.717) is 17.8 Å². The molecule has 11 nitrogen and oxygen atoms in total. The van der Waals surface area contributed by atoms with Crippen molar-refractivity contribution in [2.45, 2.75) is 45.9 Å². The van der Waals surface area contributed by atoms with E-state index in [1.807, 2.05) is 32.9 Å². The number of hydrogen-bond donors (Lipinski definition) is 2. The molecule has 12 heteroatoms. The first-order valence-electron chi connectivity index (χ1n) is 13.0. The van der Waals surface area contributed by atoms with Crippen molar-refractivity contribution in [1.82, 2.24) is 14.1 Å². The quantitative estimate of drug-likeness (QED) is 0.388. The molecule has 3 aromatic rings. The molecule has 214 valence electrons. The number of hydrogen-bond acceptors (Lipinski definition) is 7. The Balaban J connectivity index is 1.86. The van der Waals surface area contributed by atoms with Crippen LogP contribution >= 0.6 is 0 Å². The Morgan fingerprint density at radius 3 is 2.45 bits per heavy atom. The minimum Gasteiger partial charge on any atom is -0.476 e. The topological polar surface area (TPSA) is 140 Å². The second-order valence-corrected chi connectivity index (χ2v) is 11.8. The summed E-state index contributed by atoms with van der Waals surface area (Å²) >= 11 is 0. The molecule has 0 bridgehead atoms. The van der Waals surface area contributed by atoms with E-state index in [0.717, 1.165) is 11.1 Å². The molecule has 0 radical (unpaired) electrons. The van der Waals surface area contributed by atoms with Gasteiger partial charge in [0.15, 0.2) is 5.69 Å². The molecule has 0 aliphatic carbocycles. The van der Waals surface area contributed by atoms with Crippen LogP contribution < -0.4 is 10.1 Å². The number of ether oxygens (including phenoxy) is 2. The van der Waals surface area contributed by atoms with Crippen molar-refractivity contribution in [3.05, 3.63) is 58.8 Å². The molecule has 2 aromatic carbocycles. The lowest BCUT2D eigenvalue weighted by Crippen LogP contribution is -2.40. The van der Waals surface area contributed by atoms with Crippen LogP contribution in [0.4, 0.5) is 5.69 Å². The van der Waals surface area contributed by atoms with Gasteiger partial charge in [0.2, 0.25) is 21.8 Å². The molecule has 4 rings (SSSR count). The van der Waals surface area contributed by atoms with E-state index < -0.39 is 16.0 Å². The molecule has 2 heterocycles. The molecular formula is C28H34N4O7S. The fraction of sp³-hybridized carbons (Fsp3) is 0.393. The van der Waals surface area contributed by atoms with E-state index in [1.165, 1.54) is 21.1 Å². The van der Waals surface area contributed by atoms with Crippen LogP contribution in [0.1, 0.15) is 47.4 Å². The van der Waals surface area contributed by atoms with Crippen LogP contribution in [0.5, 0.6) is 11.6 Å². The first-order valence-corrected chi connectivity index (χ1v) is 14.5. The second-order valence-electron chi connectivity index (χ2n) is 9.86. The first-order chi connectivity index (χ1) is 18.9. The van der Waals surface area contributed by atoms with Crippen LogP contribution in [0.25, 0.3) is 5.69 Å². The summed E-state index contributed by atoms with van der Waals surface area (Å²) < 4.78 is 41.9. The number of rotatable bonds is 9. The van der Waals surface area contributed by atoms with E-state index in [2.05, 4.69) is 10.4 Å². The van der Waals surface area contributed by atoms with Crippen molar-refractivity contribution in [3.63, 3.8) is 0 Å². The molecule has 0 unspecified atom stereocenters. The largest absolute Gasteiger partial charge is 0.476 e. The summed E-state index contributed by atoms with van der Waals surface area (Å²) in [7, 11) is -4.08. The van der Waals surface area contributed by atoms with Crippen LogP contribution in [-0.2, 0) is 19.6 Å². The summed E-state index contributed by atoms with van der Waals surface area (Å²) in [5.41, 5.74) is 2.75. The van der Waals surface area contributed by atoms with E-state index >= 15 is 0 Å². The molecule has 1 aliphatic heterocycles. The number of aryl methyl sites for hydroxylation is 2. The number of aromatic nitrogens is 2. The van der Waals surface area contributed by atoms with E-state index in [1.54, 1.807) is 26.0 Å². The number of morpholine rings is 1. The van der Waals surface area contributed by atoms with Crippen LogP contribution in [0.15, 0.2) is 41.3 Å². The third-order valence-corrected chi connectivity index (χ3v) is 8.84. The highest BCUT2D eigenvalue weighted by atomic mass is 32.2. The van der Waals surface area contributed by atoms with Gasteiger partial charge in [-0.05, 0) is 57.0 Å². The van der Waals surface area contributed by atoms with Gasteiger partial charge >= 0.3 is 5.97 Å². The monoisotopic (exact) mass is 570 g/mol. The number of carboxylic acids is 1. The summed E-state index contributed by atoms with van der Waals surface area (Å²) in [6.45, 7) is 9.87. The average Bonchev–Trinajstić information content (AvgIpc) is 3.25. The predicted molar refractivity (Wildman–Crippen MR) is 149 cm³/mol. The summed E-state index contributed by atoms with van der Waals surface area (Å²) in [6.07, 6.45) is 0.625. The minimum atomic E-state index is -4.08. The number of carbonyl (C=O) groups is 2. The molecule has 1 aromatic heterocycles. The molecule has 1 aliphatic rings. The Bertz CT molecular complexity index is 1540. The number of nitrogens with one attached hydrogen (secondary N) is 1. The van der Waals surface area contributed by atoms with Crippen molar-refractivity contribution < 1.29 is 32.6 Å². The fourth-order valence-corrected chi connectivity index (χ4v) is 5.91. The zero-order valence-corrected chi connectivity index (χ0v) is 24.0. The van der Waals surface area contributed by atoms with Gasteiger partial charge in [0.25, 0.3) is 0 Å². The number of sulfonamides is 1. The highest BCUT2D eigenvalue weighted by Gasteiger charge is 2.32. The molecular weight excluding hydrogens is 536 g/mol. The molecule has 40 heavy (non-hydrogen) atoms. The maximum absolute atomic E-state index is 13.8. The number of aromatic carboxylic acids is 1. The molecule has 2 N–H and O–H groups in total. The maximum atomic E-state index is 13.8. The Morgan fingerprint density at radius 2 is 1.82 bits per heavy atom. The lowest BCUT2D eigenvalue weighted by atomic mass is 10.1. The molecule has 1 amide bonds. The number of carbonyl (C=O) groups excluding carboxylic acids is 1. The molecule has 0 saturated carbocycles. The molecule has 1 fully saturated rings. The zero-order chi connectivity index (χ0) is 29.2. The SMILES string of the molecule is CC[C@H](C)C(=O)Nc1ccc(Oc2c(C)c(C(=O)O)nn2-c2ccc(C)cc2C)c(S(=O)(=O)N2CCOCC2)c1. The van der Waals surface area contributed by atoms with Gasteiger partial charge in [0.05, 0.1) is 18.9 Å². The highest BCUT2D eigenvalue weighted by molar-refractivity contribution is 7.89. The number of amides is 1. The fourth-order valence-electron chi connectivity index (χ4n) is 4.36. The van der Waals surface area contributed by atoms with Gasteiger partial charge in [0, 0.05) is 30.3 Å². The number of anilines is 1. The van der Waals surface area contributed by atoms with Gasteiger partial charge in [-0.15, -0.1) is 0 Å². The number of benzene rings is 2. The summed E-state index contributed by atoms with van der Waals surface area (Å²) in [5, 5.41) is 16.9. The average molecular weight is 571 g/mol. The first kappa shape index (κ1) is 29.2. The summed E-state index contributed by atoms with van der Waals surface area (Å²) in [6, 6.07) is 9.98. The third kappa shape index (κ3) is 5.88. The lowest BCUT2D eigenvalue weighted by Gasteiger charge is -2.27. The smallest absolute Gasteiger partial charge is 0.356 e. The van der Waals surface area contributed by atoms with Crippen LogP contribution in [0, 0.1) is 26.7 Å².